The number of hydrogen-bond donors (Lipinski definition) is 1. The van der Waals surface area contributed by atoms with Gasteiger partial charge < -0.3 is 14.2 Å². The summed E-state index contributed by atoms with van der Waals surface area (Å²) in [6.07, 6.45) is 0. The van der Waals surface area contributed by atoms with Crippen molar-refractivity contribution in [1.82, 2.24) is 4.72 Å². The highest BCUT2D eigenvalue weighted by molar-refractivity contribution is 7.89. The molecule has 3 rings (SSSR count). The Morgan fingerprint density at radius 3 is 2.58 bits per heavy atom. The van der Waals surface area contributed by atoms with E-state index in [1.807, 2.05) is 26.0 Å². The molecule has 0 fully saturated rings. The molecule has 6 nitrogen and oxygen atoms in total. The summed E-state index contributed by atoms with van der Waals surface area (Å²) in [5.41, 5.74) is 2.90. The Morgan fingerprint density at radius 1 is 1.08 bits per heavy atom. The normalized spacial score (nSPS) is 13.1. The first-order valence-corrected chi connectivity index (χ1v) is 8.93. The van der Waals surface area contributed by atoms with Crippen LogP contribution in [0.25, 0.3) is 0 Å². The highest BCUT2D eigenvalue weighted by atomic mass is 32.2. The van der Waals surface area contributed by atoms with Crippen molar-refractivity contribution < 1.29 is 22.6 Å². The molecule has 1 N–H and O–H groups in total. The molecule has 7 heteroatoms. The largest absolute Gasteiger partial charge is 0.496 e. The van der Waals surface area contributed by atoms with E-state index in [0.29, 0.717) is 11.5 Å². The average molecular weight is 349 g/mol. The van der Waals surface area contributed by atoms with Gasteiger partial charge in [-0.2, -0.15) is 0 Å². The third kappa shape index (κ3) is 3.05. The van der Waals surface area contributed by atoms with Crippen molar-refractivity contribution in [2.24, 2.45) is 0 Å². The van der Waals surface area contributed by atoms with E-state index < -0.39 is 10.0 Å². The SMILES string of the molecule is COc1ccc(CNS(=O)(=O)c2ccc3c(c2)OCO3)c(C)c1C. The van der Waals surface area contributed by atoms with Gasteiger partial charge in [0.15, 0.2) is 11.5 Å². The Kier molecular flexibility index (Phi) is 4.38. The fourth-order valence-electron chi connectivity index (χ4n) is 2.56. The predicted molar refractivity (Wildman–Crippen MR) is 89.1 cm³/mol. The topological polar surface area (TPSA) is 73.9 Å². The summed E-state index contributed by atoms with van der Waals surface area (Å²) in [6.45, 7) is 4.20. The average Bonchev–Trinajstić information content (AvgIpc) is 3.04. The van der Waals surface area contributed by atoms with Gasteiger partial charge in [0.25, 0.3) is 0 Å². The maximum atomic E-state index is 12.5. The highest BCUT2D eigenvalue weighted by Gasteiger charge is 2.20. The first-order chi connectivity index (χ1) is 11.4. The third-order valence-electron chi connectivity index (χ3n) is 4.18. The number of benzene rings is 2. The van der Waals surface area contributed by atoms with Crippen LogP contribution in [0.15, 0.2) is 35.2 Å². The zero-order valence-electron chi connectivity index (χ0n) is 13.8. The van der Waals surface area contributed by atoms with Crippen LogP contribution in [0.2, 0.25) is 0 Å². The fourth-order valence-corrected chi connectivity index (χ4v) is 3.59. The van der Waals surface area contributed by atoms with Crippen molar-refractivity contribution in [3.05, 3.63) is 47.0 Å². The molecule has 128 valence electrons. The van der Waals surface area contributed by atoms with Crippen LogP contribution in [0.1, 0.15) is 16.7 Å². The van der Waals surface area contributed by atoms with Gasteiger partial charge in [0.2, 0.25) is 16.8 Å². The molecule has 0 saturated heterocycles. The van der Waals surface area contributed by atoms with Crippen LogP contribution in [0, 0.1) is 13.8 Å². The standard InChI is InChI=1S/C17H19NO5S/c1-11-12(2)15(21-3)6-4-13(11)9-18-24(19,20)14-5-7-16-17(8-14)23-10-22-16/h4-8,18H,9-10H2,1-3H3. The van der Waals surface area contributed by atoms with E-state index in [2.05, 4.69) is 4.72 Å². The Balaban J connectivity index is 1.80. The van der Waals surface area contributed by atoms with Crippen molar-refractivity contribution in [3.8, 4) is 17.2 Å². The second kappa shape index (κ2) is 6.33. The van der Waals surface area contributed by atoms with Crippen LogP contribution in [0.5, 0.6) is 17.2 Å². The van der Waals surface area contributed by atoms with Crippen LogP contribution in [0.3, 0.4) is 0 Å². The number of ether oxygens (including phenoxy) is 3. The number of nitrogens with one attached hydrogen (secondary N) is 1. The number of methoxy groups -OCH3 is 1. The molecule has 1 aliphatic rings. The lowest BCUT2D eigenvalue weighted by Crippen LogP contribution is -2.23. The van der Waals surface area contributed by atoms with Crippen molar-refractivity contribution in [2.75, 3.05) is 13.9 Å². The van der Waals surface area contributed by atoms with Crippen molar-refractivity contribution in [2.45, 2.75) is 25.3 Å². The van der Waals surface area contributed by atoms with Gasteiger partial charge in [-0.3, -0.25) is 0 Å². The first kappa shape index (κ1) is 16.6. The van der Waals surface area contributed by atoms with Crippen LogP contribution < -0.4 is 18.9 Å². The van der Waals surface area contributed by atoms with Crippen LogP contribution in [0.4, 0.5) is 0 Å². The Bertz CT molecular complexity index is 877. The van der Waals surface area contributed by atoms with Crippen LogP contribution in [-0.4, -0.2) is 22.3 Å². The van der Waals surface area contributed by atoms with Gasteiger partial charge in [0.1, 0.15) is 5.75 Å². The van der Waals surface area contributed by atoms with Gasteiger partial charge in [-0.05, 0) is 48.7 Å². The summed E-state index contributed by atoms with van der Waals surface area (Å²) in [7, 11) is -2.03. The zero-order chi connectivity index (χ0) is 17.3. The molecule has 24 heavy (non-hydrogen) atoms. The molecule has 0 bridgehead atoms. The van der Waals surface area contributed by atoms with Crippen LogP contribution >= 0.6 is 0 Å². The molecule has 0 unspecified atom stereocenters. The number of hydrogen-bond acceptors (Lipinski definition) is 5. The quantitative estimate of drug-likeness (QED) is 0.898. The van der Waals surface area contributed by atoms with Crippen molar-refractivity contribution in [3.63, 3.8) is 0 Å². The molecule has 0 aliphatic carbocycles. The molecule has 2 aromatic rings. The van der Waals surface area contributed by atoms with Gasteiger partial charge in [-0.25, -0.2) is 13.1 Å². The van der Waals surface area contributed by atoms with Gasteiger partial charge in [-0.1, -0.05) is 6.07 Å². The Hall–Kier alpha value is -2.25. The van der Waals surface area contributed by atoms with Crippen LogP contribution in [-0.2, 0) is 16.6 Å². The lowest BCUT2D eigenvalue weighted by atomic mass is 10.0. The minimum atomic E-state index is -3.64. The molecule has 0 aromatic heterocycles. The highest BCUT2D eigenvalue weighted by Crippen LogP contribution is 2.33. The third-order valence-corrected chi connectivity index (χ3v) is 5.58. The van der Waals surface area contributed by atoms with E-state index in [4.69, 9.17) is 14.2 Å². The van der Waals surface area contributed by atoms with E-state index in [0.717, 1.165) is 22.4 Å². The monoisotopic (exact) mass is 349 g/mol. The first-order valence-electron chi connectivity index (χ1n) is 7.45. The summed E-state index contributed by atoms with van der Waals surface area (Å²) >= 11 is 0. The Labute approximate surface area is 141 Å². The van der Waals surface area contributed by atoms with E-state index in [1.165, 1.54) is 12.1 Å². The summed E-state index contributed by atoms with van der Waals surface area (Å²) in [5, 5.41) is 0. The summed E-state index contributed by atoms with van der Waals surface area (Å²) < 4.78 is 43.3. The second-order valence-corrected chi connectivity index (χ2v) is 7.28. The maximum Gasteiger partial charge on any atom is 0.241 e. The summed E-state index contributed by atoms with van der Waals surface area (Å²) in [6, 6.07) is 8.27. The van der Waals surface area contributed by atoms with Gasteiger partial charge >= 0.3 is 0 Å². The molecule has 0 atom stereocenters. The number of fused-ring (bicyclic) bond motifs is 1. The lowest BCUT2D eigenvalue weighted by molar-refractivity contribution is 0.174. The number of sulfonamides is 1. The molecule has 1 aliphatic heterocycles. The van der Waals surface area contributed by atoms with E-state index >= 15 is 0 Å². The van der Waals surface area contributed by atoms with E-state index in [-0.39, 0.29) is 18.2 Å². The molecule has 0 amide bonds. The second-order valence-electron chi connectivity index (χ2n) is 5.52. The lowest BCUT2D eigenvalue weighted by Gasteiger charge is -2.13. The molecule has 0 spiro atoms. The molecule has 0 radical (unpaired) electrons. The molecular weight excluding hydrogens is 330 g/mol. The van der Waals surface area contributed by atoms with Gasteiger partial charge in [0, 0.05) is 12.6 Å². The van der Waals surface area contributed by atoms with Gasteiger partial charge in [0.05, 0.1) is 12.0 Å². The van der Waals surface area contributed by atoms with E-state index in [1.54, 1.807) is 13.2 Å². The minimum absolute atomic E-state index is 0.108. The van der Waals surface area contributed by atoms with E-state index in [9.17, 15) is 8.42 Å². The zero-order valence-corrected chi connectivity index (χ0v) is 14.6. The number of rotatable bonds is 5. The molecule has 0 saturated carbocycles. The Morgan fingerprint density at radius 2 is 1.83 bits per heavy atom. The van der Waals surface area contributed by atoms with Gasteiger partial charge in [-0.15, -0.1) is 0 Å². The molecular formula is C17H19NO5S. The van der Waals surface area contributed by atoms with Crippen molar-refractivity contribution >= 4 is 10.0 Å². The molecule has 1 heterocycles. The fraction of sp³-hybridized carbons (Fsp3) is 0.294. The maximum absolute atomic E-state index is 12.5. The minimum Gasteiger partial charge on any atom is -0.496 e. The summed E-state index contributed by atoms with van der Waals surface area (Å²) in [5.74, 6) is 1.78. The molecule has 2 aromatic carbocycles. The van der Waals surface area contributed by atoms with Crippen molar-refractivity contribution in [1.29, 1.82) is 0 Å². The summed E-state index contributed by atoms with van der Waals surface area (Å²) in [4.78, 5) is 0.148. The smallest absolute Gasteiger partial charge is 0.241 e. The predicted octanol–water partition coefficient (Wildman–Crippen LogP) is 2.52.